The topological polar surface area (TPSA) is 40.5 Å². The highest BCUT2D eigenvalue weighted by Crippen LogP contribution is 2.19. The van der Waals surface area contributed by atoms with Crippen molar-refractivity contribution in [3.63, 3.8) is 0 Å². The van der Waals surface area contributed by atoms with E-state index in [1.807, 2.05) is 18.7 Å². The van der Waals surface area contributed by atoms with Gasteiger partial charge in [-0.15, -0.1) is 0 Å². The Hall–Kier alpha value is -0.830. The summed E-state index contributed by atoms with van der Waals surface area (Å²) in [5.74, 6) is 0.607. The van der Waals surface area contributed by atoms with Crippen molar-refractivity contribution in [2.24, 2.45) is 5.92 Å². The lowest BCUT2D eigenvalue weighted by Gasteiger charge is -2.32. The Labute approximate surface area is 91.8 Å². The van der Waals surface area contributed by atoms with Crippen LogP contribution in [0.5, 0.6) is 0 Å². The molecule has 1 rings (SSSR count). The number of rotatable bonds is 3. The van der Waals surface area contributed by atoms with Gasteiger partial charge in [-0.2, -0.15) is 0 Å². The molecule has 0 spiro atoms. The Kier molecular flexibility index (Phi) is 4.82. The molecule has 1 atom stereocenters. The maximum absolute atomic E-state index is 11.7. The van der Waals surface area contributed by atoms with Gasteiger partial charge in [-0.3, -0.25) is 4.79 Å². The van der Waals surface area contributed by atoms with Crippen LogP contribution in [-0.2, 0) is 4.79 Å². The maximum Gasteiger partial charge on any atom is 0.246 e. The number of aliphatic hydroxyl groups excluding tert-OH is 1. The summed E-state index contributed by atoms with van der Waals surface area (Å²) < 4.78 is 0. The molecule has 15 heavy (non-hydrogen) atoms. The molecule has 0 bridgehead atoms. The predicted octanol–water partition coefficient (Wildman–Crippen LogP) is 1.57. The molecule has 0 aromatic rings. The molecule has 1 heterocycles. The van der Waals surface area contributed by atoms with Gasteiger partial charge in [0.1, 0.15) is 0 Å². The van der Waals surface area contributed by atoms with E-state index in [1.54, 1.807) is 6.08 Å². The SMILES string of the molecule is CC(C)=CC(=O)N1CCCC(CCO)C1. The van der Waals surface area contributed by atoms with Gasteiger partial charge in [0, 0.05) is 25.8 Å². The molecule has 1 aliphatic heterocycles. The van der Waals surface area contributed by atoms with Crippen molar-refractivity contribution in [1.82, 2.24) is 4.90 Å². The molecule has 0 aromatic carbocycles. The molecule has 3 nitrogen and oxygen atoms in total. The van der Waals surface area contributed by atoms with E-state index in [-0.39, 0.29) is 12.5 Å². The highest BCUT2D eigenvalue weighted by atomic mass is 16.3. The average Bonchev–Trinajstić information content (AvgIpc) is 2.17. The monoisotopic (exact) mass is 211 g/mol. The Bertz CT molecular complexity index is 242. The molecular formula is C12H21NO2. The van der Waals surface area contributed by atoms with Crippen LogP contribution in [0, 0.1) is 5.92 Å². The van der Waals surface area contributed by atoms with Crippen LogP contribution in [0.25, 0.3) is 0 Å². The van der Waals surface area contributed by atoms with Gasteiger partial charge in [-0.1, -0.05) is 5.57 Å². The number of carbonyl (C=O) groups is 1. The average molecular weight is 211 g/mol. The van der Waals surface area contributed by atoms with E-state index in [2.05, 4.69) is 0 Å². The van der Waals surface area contributed by atoms with E-state index in [0.717, 1.165) is 37.9 Å². The van der Waals surface area contributed by atoms with Gasteiger partial charge in [0.15, 0.2) is 0 Å². The molecule has 1 N–H and O–H groups in total. The van der Waals surface area contributed by atoms with Crippen LogP contribution < -0.4 is 0 Å². The fourth-order valence-corrected chi connectivity index (χ4v) is 2.02. The summed E-state index contributed by atoms with van der Waals surface area (Å²) in [5.41, 5.74) is 1.05. The minimum absolute atomic E-state index is 0.123. The number of nitrogens with zero attached hydrogens (tertiary/aromatic N) is 1. The molecule has 0 radical (unpaired) electrons. The van der Waals surface area contributed by atoms with Crippen LogP contribution in [-0.4, -0.2) is 35.6 Å². The zero-order valence-electron chi connectivity index (χ0n) is 9.70. The van der Waals surface area contributed by atoms with E-state index in [9.17, 15) is 4.79 Å². The first-order chi connectivity index (χ1) is 7.13. The molecule has 1 saturated heterocycles. The van der Waals surface area contributed by atoms with Crippen molar-refractivity contribution in [3.8, 4) is 0 Å². The van der Waals surface area contributed by atoms with Gasteiger partial charge in [0.25, 0.3) is 0 Å². The minimum atomic E-state index is 0.123. The maximum atomic E-state index is 11.7. The van der Waals surface area contributed by atoms with E-state index < -0.39 is 0 Å². The van der Waals surface area contributed by atoms with Crippen LogP contribution in [0.3, 0.4) is 0 Å². The fourth-order valence-electron chi connectivity index (χ4n) is 2.02. The number of amides is 1. The zero-order valence-corrected chi connectivity index (χ0v) is 9.70. The first kappa shape index (κ1) is 12.2. The molecule has 1 amide bonds. The van der Waals surface area contributed by atoms with Crippen molar-refractivity contribution in [3.05, 3.63) is 11.6 Å². The lowest BCUT2D eigenvalue weighted by atomic mass is 9.95. The number of carbonyl (C=O) groups excluding carboxylic acids is 1. The lowest BCUT2D eigenvalue weighted by Crippen LogP contribution is -2.39. The molecule has 86 valence electrons. The number of likely N-dealkylation sites (tertiary alicyclic amines) is 1. The van der Waals surface area contributed by atoms with Crippen molar-refractivity contribution >= 4 is 5.91 Å². The second-order valence-corrected chi connectivity index (χ2v) is 4.53. The summed E-state index contributed by atoms with van der Waals surface area (Å²) in [6.07, 6.45) is 4.71. The predicted molar refractivity (Wildman–Crippen MR) is 60.4 cm³/mol. The summed E-state index contributed by atoms with van der Waals surface area (Å²) in [4.78, 5) is 13.6. The number of hydrogen-bond acceptors (Lipinski definition) is 2. The van der Waals surface area contributed by atoms with Crippen LogP contribution in [0.1, 0.15) is 33.1 Å². The molecule has 0 aromatic heterocycles. The van der Waals surface area contributed by atoms with E-state index in [0.29, 0.717) is 5.92 Å². The van der Waals surface area contributed by atoms with Gasteiger partial charge < -0.3 is 10.0 Å². The number of allylic oxidation sites excluding steroid dienone is 1. The summed E-state index contributed by atoms with van der Waals surface area (Å²) in [6.45, 7) is 5.78. The second kappa shape index (κ2) is 5.91. The Morgan fingerprint density at radius 3 is 2.87 bits per heavy atom. The summed E-state index contributed by atoms with van der Waals surface area (Å²) in [6, 6.07) is 0. The van der Waals surface area contributed by atoms with Crippen molar-refractivity contribution in [2.45, 2.75) is 33.1 Å². The molecule has 1 fully saturated rings. The van der Waals surface area contributed by atoms with Crippen molar-refractivity contribution in [2.75, 3.05) is 19.7 Å². The van der Waals surface area contributed by atoms with E-state index in [1.165, 1.54) is 0 Å². The third kappa shape index (κ3) is 4.04. The summed E-state index contributed by atoms with van der Waals surface area (Å²) >= 11 is 0. The van der Waals surface area contributed by atoms with Gasteiger partial charge in [0.05, 0.1) is 0 Å². The summed E-state index contributed by atoms with van der Waals surface area (Å²) in [5, 5.41) is 8.87. The van der Waals surface area contributed by atoms with Crippen molar-refractivity contribution < 1.29 is 9.90 Å². The Balaban J connectivity index is 2.48. The Morgan fingerprint density at radius 1 is 1.53 bits per heavy atom. The molecule has 3 heteroatoms. The highest BCUT2D eigenvalue weighted by molar-refractivity contribution is 5.88. The summed E-state index contributed by atoms with van der Waals surface area (Å²) in [7, 11) is 0. The highest BCUT2D eigenvalue weighted by Gasteiger charge is 2.21. The number of aliphatic hydroxyl groups is 1. The number of hydrogen-bond donors (Lipinski definition) is 1. The normalized spacial score (nSPS) is 21.3. The molecule has 1 unspecified atom stereocenters. The van der Waals surface area contributed by atoms with Gasteiger partial charge >= 0.3 is 0 Å². The fraction of sp³-hybridized carbons (Fsp3) is 0.750. The quantitative estimate of drug-likeness (QED) is 0.720. The van der Waals surface area contributed by atoms with Gasteiger partial charge in [-0.05, 0) is 39.0 Å². The third-order valence-corrected chi connectivity index (χ3v) is 2.78. The molecule has 0 saturated carbocycles. The van der Waals surface area contributed by atoms with Crippen LogP contribution in [0.15, 0.2) is 11.6 Å². The van der Waals surface area contributed by atoms with Gasteiger partial charge in [0.2, 0.25) is 5.91 Å². The van der Waals surface area contributed by atoms with E-state index >= 15 is 0 Å². The Morgan fingerprint density at radius 2 is 2.27 bits per heavy atom. The smallest absolute Gasteiger partial charge is 0.246 e. The van der Waals surface area contributed by atoms with Crippen LogP contribution in [0.2, 0.25) is 0 Å². The zero-order chi connectivity index (χ0) is 11.3. The molecular weight excluding hydrogens is 190 g/mol. The number of piperidine rings is 1. The van der Waals surface area contributed by atoms with E-state index in [4.69, 9.17) is 5.11 Å². The standard InChI is InChI=1S/C12H21NO2/c1-10(2)8-12(15)13-6-3-4-11(9-13)5-7-14/h8,11,14H,3-7,9H2,1-2H3. The minimum Gasteiger partial charge on any atom is -0.396 e. The van der Waals surface area contributed by atoms with Crippen molar-refractivity contribution in [1.29, 1.82) is 0 Å². The second-order valence-electron chi connectivity index (χ2n) is 4.53. The largest absolute Gasteiger partial charge is 0.396 e. The first-order valence-electron chi connectivity index (χ1n) is 5.68. The molecule has 1 aliphatic rings. The molecule has 0 aliphatic carbocycles. The first-order valence-corrected chi connectivity index (χ1v) is 5.68. The van der Waals surface area contributed by atoms with Crippen LogP contribution >= 0.6 is 0 Å². The van der Waals surface area contributed by atoms with Gasteiger partial charge in [-0.25, -0.2) is 0 Å². The lowest BCUT2D eigenvalue weighted by molar-refractivity contribution is -0.127. The van der Waals surface area contributed by atoms with Crippen LogP contribution in [0.4, 0.5) is 0 Å². The third-order valence-electron chi connectivity index (χ3n) is 2.78.